The maximum absolute atomic E-state index is 11.3. The summed E-state index contributed by atoms with van der Waals surface area (Å²) < 4.78 is 28.5. The number of hydrogen-bond donors (Lipinski definition) is 2. The zero-order valence-electron chi connectivity index (χ0n) is 18.1. The maximum Gasteiger partial charge on any atom is 0.191 e. The second kappa shape index (κ2) is 12.2. The lowest BCUT2D eigenvalue weighted by Crippen LogP contribution is -2.43. The third-order valence-electron chi connectivity index (χ3n) is 4.49. The third-order valence-corrected chi connectivity index (χ3v) is 5.47. The van der Waals surface area contributed by atoms with Gasteiger partial charge in [0.25, 0.3) is 0 Å². The van der Waals surface area contributed by atoms with Crippen LogP contribution in [0.4, 0.5) is 0 Å². The van der Waals surface area contributed by atoms with Gasteiger partial charge in [-0.15, -0.1) is 0 Å². The van der Waals surface area contributed by atoms with E-state index in [1.54, 1.807) is 0 Å². The van der Waals surface area contributed by atoms with Gasteiger partial charge in [-0.1, -0.05) is 42.5 Å². The highest BCUT2D eigenvalue weighted by Crippen LogP contribution is 2.14. The lowest BCUT2D eigenvalue weighted by atomic mass is 10.1. The van der Waals surface area contributed by atoms with Crippen molar-refractivity contribution in [3.8, 4) is 5.75 Å². The molecule has 2 rings (SSSR count). The number of hydrogen-bond acceptors (Lipinski definition) is 4. The van der Waals surface area contributed by atoms with Gasteiger partial charge in [0.15, 0.2) is 5.96 Å². The average molecular weight is 432 g/mol. The average Bonchev–Trinajstić information content (AvgIpc) is 2.72. The van der Waals surface area contributed by atoms with Crippen molar-refractivity contribution in [1.82, 2.24) is 10.6 Å². The lowest BCUT2D eigenvalue weighted by Gasteiger charge is -2.17. The molecule has 0 aromatic heterocycles. The van der Waals surface area contributed by atoms with Gasteiger partial charge in [0.05, 0.1) is 5.75 Å². The molecule has 0 amide bonds. The van der Waals surface area contributed by atoms with E-state index in [0.29, 0.717) is 25.5 Å². The Bertz CT molecular complexity index is 882. The predicted molar refractivity (Wildman–Crippen MR) is 124 cm³/mol. The number of guanidine groups is 1. The molecule has 1 unspecified atom stereocenters. The van der Waals surface area contributed by atoms with Crippen LogP contribution in [0.3, 0.4) is 0 Å². The van der Waals surface area contributed by atoms with Crippen LogP contribution in [0, 0.1) is 0 Å². The normalized spacial score (nSPS) is 13.0. The van der Waals surface area contributed by atoms with Crippen molar-refractivity contribution in [1.29, 1.82) is 0 Å². The number of ether oxygens (including phenoxy) is 1. The summed E-state index contributed by atoms with van der Waals surface area (Å²) >= 11 is 0. The Kier molecular flexibility index (Phi) is 9.67. The summed E-state index contributed by atoms with van der Waals surface area (Å²) in [6.07, 6.45) is 2.62. The van der Waals surface area contributed by atoms with E-state index in [0.717, 1.165) is 24.3 Å². The minimum Gasteiger partial charge on any atom is -0.489 e. The van der Waals surface area contributed by atoms with Crippen molar-refractivity contribution >= 4 is 15.8 Å². The van der Waals surface area contributed by atoms with Crippen LogP contribution < -0.4 is 15.4 Å². The van der Waals surface area contributed by atoms with Gasteiger partial charge in [-0.05, 0) is 49.9 Å². The maximum atomic E-state index is 11.3. The Morgan fingerprint density at radius 2 is 1.77 bits per heavy atom. The molecule has 164 valence electrons. The van der Waals surface area contributed by atoms with E-state index in [2.05, 4.69) is 27.8 Å². The number of nitrogens with one attached hydrogen (secondary N) is 2. The summed E-state index contributed by atoms with van der Waals surface area (Å²) in [5, 5.41) is 6.48. The molecule has 2 aromatic rings. The minimum absolute atomic E-state index is 0.0265. The van der Waals surface area contributed by atoms with Crippen molar-refractivity contribution in [2.75, 3.05) is 25.1 Å². The van der Waals surface area contributed by atoms with Gasteiger partial charge >= 0.3 is 0 Å². The van der Waals surface area contributed by atoms with Gasteiger partial charge in [0, 0.05) is 25.4 Å². The summed E-state index contributed by atoms with van der Waals surface area (Å²) in [4.78, 5) is 4.61. The molecule has 0 bridgehead atoms. The standard InChI is InChI=1S/C23H33N3O3S/c1-4-24-23(26-19(2)15-17-30(3,27)28)25-16-14-20-10-12-22(13-11-20)29-18-21-8-6-5-7-9-21/h5-13,19H,4,14-18H2,1-3H3,(H2,24,25,26). The lowest BCUT2D eigenvalue weighted by molar-refractivity contribution is 0.306. The molecule has 0 heterocycles. The molecule has 0 aliphatic carbocycles. The van der Waals surface area contributed by atoms with Crippen LogP contribution in [0.15, 0.2) is 59.6 Å². The van der Waals surface area contributed by atoms with E-state index in [4.69, 9.17) is 4.74 Å². The van der Waals surface area contributed by atoms with Crippen LogP contribution in [-0.2, 0) is 22.9 Å². The molecule has 0 aliphatic rings. The number of sulfone groups is 1. The number of benzene rings is 2. The Hall–Kier alpha value is -2.54. The Morgan fingerprint density at radius 3 is 2.40 bits per heavy atom. The highest BCUT2D eigenvalue weighted by Gasteiger charge is 2.09. The highest BCUT2D eigenvalue weighted by atomic mass is 32.2. The SMILES string of the molecule is CCNC(=NCCc1ccc(OCc2ccccc2)cc1)NC(C)CCS(C)(=O)=O. The molecule has 0 spiro atoms. The molecule has 0 radical (unpaired) electrons. The van der Waals surface area contributed by atoms with Crippen LogP contribution in [-0.4, -0.2) is 45.5 Å². The quantitative estimate of drug-likeness (QED) is 0.422. The van der Waals surface area contributed by atoms with Crippen LogP contribution >= 0.6 is 0 Å². The monoisotopic (exact) mass is 431 g/mol. The summed E-state index contributed by atoms with van der Waals surface area (Å²) in [6, 6.07) is 18.2. The van der Waals surface area contributed by atoms with Gasteiger partial charge in [-0.3, -0.25) is 4.99 Å². The van der Waals surface area contributed by atoms with Crippen LogP contribution in [0.25, 0.3) is 0 Å². The number of nitrogens with zero attached hydrogens (tertiary/aromatic N) is 1. The molecular weight excluding hydrogens is 398 g/mol. The van der Waals surface area contributed by atoms with E-state index in [1.807, 2.05) is 56.3 Å². The molecule has 30 heavy (non-hydrogen) atoms. The first-order valence-electron chi connectivity index (χ1n) is 10.3. The molecular formula is C23H33N3O3S. The van der Waals surface area contributed by atoms with E-state index < -0.39 is 9.84 Å². The first kappa shape index (κ1) is 23.7. The molecule has 7 heteroatoms. The van der Waals surface area contributed by atoms with E-state index in [9.17, 15) is 8.42 Å². The zero-order valence-corrected chi connectivity index (χ0v) is 18.9. The van der Waals surface area contributed by atoms with E-state index in [-0.39, 0.29) is 11.8 Å². The van der Waals surface area contributed by atoms with Crippen molar-refractivity contribution in [3.63, 3.8) is 0 Å². The third kappa shape index (κ3) is 9.78. The molecule has 0 saturated heterocycles. The summed E-state index contributed by atoms with van der Waals surface area (Å²) in [6.45, 7) is 5.91. The first-order valence-corrected chi connectivity index (χ1v) is 12.4. The number of rotatable bonds is 11. The Morgan fingerprint density at radius 1 is 1.07 bits per heavy atom. The van der Waals surface area contributed by atoms with Gasteiger partial charge < -0.3 is 15.4 Å². The number of aliphatic imine (C=N–C) groups is 1. The van der Waals surface area contributed by atoms with E-state index >= 15 is 0 Å². The highest BCUT2D eigenvalue weighted by molar-refractivity contribution is 7.90. The summed E-state index contributed by atoms with van der Waals surface area (Å²) in [7, 11) is -2.95. The van der Waals surface area contributed by atoms with Crippen molar-refractivity contribution in [2.45, 2.75) is 39.3 Å². The Balaban J connectivity index is 1.80. The predicted octanol–water partition coefficient (Wildman–Crippen LogP) is 3.19. The Labute approximate surface area is 180 Å². The smallest absolute Gasteiger partial charge is 0.191 e. The molecule has 0 fully saturated rings. The second-order valence-electron chi connectivity index (χ2n) is 7.39. The van der Waals surface area contributed by atoms with Crippen LogP contribution in [0.1, 0.15) is 31.4 Å². The largest absolute Gasteiger partial charge is 0.489 e. The fourth-order valence-corrected chi connectivity index (χ4v) is 3.59. The molecule has 2 N–H and O–H groups in total. The molecule has 2 aromatic carbocycles. The molecule has 0 saturated carbocycles. The van der Waals surface area contributed by atoms with Crippen molar-refractivity contribution in [3.05, 3.63) is 65.7 Å². The van der Waals surface area contributed by atoms with Crippen LogP contribution in [0.2, 0.25) is 0 Å². The molecule has 0 aliphatic heterocycles. The van der Waals surface area contributed by atoms with Crippen molar-refractivity contribution in [2.24, 2.45) is 4.99 Å². The van der Waals surface area contributed by atoms with Gasteiger partial charge in [0.2, 0.25) is 0 Å². The topological polar surface area (TPSA) is 79.8 Å². The second-order valence-corrected chi connectivity index (χ2v) is 9.65. The van der Waals surface area contributed by atoms with Crippen molar-refractivity contribution < 1.29 is 13.2 Å². The fraction of sp³-hybridized carbons (Fsp3) is 0.435. The van der Waals surface area contributed by atoms with Gasteiger partial charge in [-0.25, -0.2) is 8.42 Å². The zero-order chi connectivity index (χ0) is 21.8. The molecule has 1 atom stereocenters. The van der Waals surface area contributed by atoms with Crippen LogP contribution in [0.5, 0.6) is 5.75 Å². The van der Waals surface area contributed by atoms with E-state index in [1.165, 1.54) is 11.8 Å². The minimum atomic E-state index is -2.95. The first-order chi connectivity index (χ1) is 14.4. The molecule has 6 nitrogen and oxygen atoms in total. The summed E-state index contributed by atoms with van der Waals surface area (Å²) in [5.41, 5.74) is 2.33. The summed E-state index contributed by atoms with van der Waals surface area (Å²) in [5.74, 6) is 1.72. The fourth-order valence-electron chi connectivity index (χ4n) is 2.81. The van der Waals surface area contributed by atoms with Gasteiger partial charge in [0.1, 0.15) is 22.2 Å². The van der Waals surface area contributed by atoms with Gasteiger partial charge in [-0.2, -0.15) is 0 Å².